The maximum Gasteiger partial charge on any atom is 0.253 e. The molecule has 21 heavy (non-hydrogen) atoms. The SMILES string of the molecule is CCN(CC)C(=O)c1ccc(NC(=O)C(Br)C(C)C)cc1. The van der Waals surface area contributed by atoms with Crippen molar-refractivity contribution in [2.24, 2.45) is 5.92 Å². The van der Waals surface area contributed by atoms with Crippen LogP contribution in [0, 0.1) is 5.92 Å². The summed E-state index contributed by atoms with van der Waals surface area (Å²) in [5.74, 6) is 0.153. The minimum Gasteiger partial charge on any atom is -0.339 e. The van der Waals surface area contributed by atoms with Gasteiger partial charge < -0.3 is 10.2 Å². The topological polar surface area (TPSA) is 49.4 Å². The van der Waals surface area contributed by atoms with Crippen LogP contribution in [0.4, 0.5) is 5.69 Å². The van der Waals surface area contributed by atoms with Crippen LogP contribution in [-0.2, 0) is 4.79 Å². The second-order valence-electron chi connectivity index (χ2n) is 5.19. The Morgan fingerprint density at radius 3 is 2.10 bits per heavy atom. The van der Waals surface area contributed by atoms with E-state index in [-0.39, 0.29) is 22.6 Å². The third-order valence-electron chi connectivity index (χ3n) is 3.29. The van der Waals surface area contributed by atoms with Crippen LogP contribution in [0.5, 0.6) is 0 Å². The second kappa shape index (κ2) is 8.17. The average Bonchev–Trinajstić information content (AvgIpc) is 2.48. The molecule has 1 atom stereocenters. The Bertz CT molecular complexity index is 482. The summed E-state index contributed by atoms with van der Waals surface area (Å²) in [6, 6.07) is 7.01. The fraction of sp³-hybridized carbons (Fsp3) is 0.500. The Hall–Kier alpha value is -1.36. The van der Waals surface area contributed by atoms with Crippen molar-refractivity contribution >= 4 is 33.4 Å². The number of rotatable bonds is 6. The largest absolute Gasteiger partial charge is 0.339 e. The van der Waals surface area contributed by atoms with Crippen molar-refractivity contribution < 1.29 is 9.59 Å². The average molecular weight is 355 g/mol. The smallest absolute Gasteiger partial charge is 0.253 e. The summed E-state index contributed by atoms with van der Waals surface area (Å²) in [7, 11) is 0. The van der Waals surface area contributed by atoms with Crippen molar-refractivity contribution in [2.75, 3.05) is 18.4 Å². The van der Waals surface area contributed by atoms with Crippen LogP contribution in [0.15, 0.2) is 24.3 Å². The molecule has 0 saturated carbocycles. The zero-order valence-electron chi connectivity index (χ0n) is 13.0. The van der Waals surface area contributed by atoms with Gasteiger partial charge in [-0.1, -0.05) is 29.8 Å². The van der Waals surface area contributed by atoms with E-state index in [0.717, 1.165) is 0 Å². The molecule has 0 radical (unpaired) electrons. The number of alkyl halides is 1. The fourth-order valence-corrected chi connectivity index (χ4v) is 2.02. The molecule has 0 bridgehead atoms. The van der Waals surface area contributed by atoms with Gasteiger partial charge in [0.1, 0.15) is 0 Å². The maximum absolute atomic E-state index is 12.2. The number of carbonyl (C=O) groups excluding carboxylic acids is 2. The minimum atomic E-state index is -0.227. The predicted molar refractivity (Wildman–Crippen MR) is 89.9 cm³/mol. The van der Waals surface area contributed by atoms with E-state index in [0.29, 0.717) is 24.3 Å². The van der Waals surface area contributed by atoms with Gasteiger partial charge in [0.2, 0.25) is 5.91 Å². The highest BCUT2D eigenvalue weighted by Gasteiger charge is 2.18. The van der Waals surface area contributed by atoms with Gasteiger partial charge in [-0.25, -0.2) is 0 Å². The Morgan fingerprint density at radius 1 is 1.14 bits per heavy atom. The molecule has 4 nitrogen and oxygen atoms in total. The van der Waals surface area contributed by atoms with Crippen molar-refractivity contribution in [1.29, 1.82) is 0 Å². The van der Waals surface area contributed by atoms with E-state index in [4.69, 9.17) is 0 Å². The number of carbonyl (C=O) groups is 2. The highest BCUT2D eigenvalue weighted by molar-refractivity contribution is 9.10. The minimum absolute atomic E-state index is 0.0124. The first-order valence-electron chi connectivity index (χ1n) is 7.24. The van der Waals surface area contributed by atoms with Crippen LogP contribution in [0.2, 0.25) is 0 Å². The van der Waals surface area contributed by atoms with Crippen LogP contribution in [0.1, 0.15) is 38.1 Å². The number of benzene rings is 1. The van der Waals surface area contributed by atoms with Gasteiger partial charge in [0.05, 0.1) is 4.83 Å². The zero-order chi connectivity index (χ0) is 16.0. The lowest BCUT2D eigenvalue weighted by Crippen LogP contribution is -2.30. The van der Waals surface area contributed by atoms with Gasteiger partial charge in [-0.05, 0) is 44.0 Å². The normalized spacial score (nSPS) is 12.1. The van der Waals surface area contributed by atoms with Crippen LogP contribution in [-0.4, -0.2) is 34.6 Å². The number of nitrogens with zero attached hydrogens (tertiary/aromatic N) is 1. The molecular weight excluding hydrogens is 332 g/mol. The molecule has 0 aliphatic rings. The first kappa shape index (κ1) is 17.7. The molecule has 5 heteroatoms. The Kier molecular flexibility index (Phi) is 6.89. The summed E-state index contributed by atoms with van der Waals surface area (Å²) in [5, 5.41) is 2.84. The van der Waals surface area contributed by atoms with Gasteiger partial charge in [0, 0.05) is 24.3 Å². The van der Waals surface area contributed by atoms with Crippen LogP contribution in [0.3, 0.4) is 0 Å². The van der Waals surface area contributed by atoms with E-state index in [9.17, 15) is 9.59 Å². The van der Waals surface area contributed by atoms with Crippen molar-refractivity contribution in [3.63, 3.8) is 0 Å². The van der Waals surface area contributed by atoms with E-state index in [2.05, 4.69) is 21.2 Å². The summed E-state index contributed by atoms with van der Waals surface area (Å²) in [4.78, 5) is 25.6. The van der Waals surface area contributed by atoms with Crippen LogP contribution >= 0.6 is 15.9 Å². The van der Waals surface area contributed by atoms with Gasteiger partial charge in [-0.15, -0.1) is 0 Å². The number of halogens is 1. The van der Waals surface area contributed by atoms with E-state index in [1.165, 1.54) is 0 Å². The number of amides is 2. The van der Waals surface area contributed by atoms with Gasteiger partial charge in [0.15, 0.2) is 0 Å². The Balaban J connectivity index is 2.75. The van der Waals surface area contributed by atoms with Gasteiger partial charge in [0.25, 0.3) is 5.91 Å². The lowest BCUT2D eigenvalue weighted by atomic mass is 10.1. The first-order valence-corrected chi connectivity index (χ1v) is 8.16. The van der Waals surface area contributed by atoms with Gasteiger partial charge in [-0.3, -0.25) is 9.59 Å². The highest BCUT2D eigenvalue weighted by atomic mass is 79.9. The van der Waals surface area contributed by atoms with Crippen molar-refractivity contribution in [3.8, 4) is 0 Å². The molecule has 116 valence electrons. The van der Waals surface area contributed by atoms with E-state index in [1.54, 1.807) is 29.2 Å². The molecule has 1 aromatic carbocycles. The third kappa shape index (κ3) is 4.84. The molecule has 0 aliphatic carbocycles. The summed E-state index contributed by atoms with van der Waals surface area (Å²) >= 11 is 3.37. The van der Waals surface area contributed by atoms with E-state index < -0.39 is 0 Å². The van der Waals surface area contributed by atoms with Crippen LogP contribution in [0.25, 0.3) is 0 Å². The lowest BCUT2D eigenvalue weighted by Gasteiger charge is -2.19. The Labute approximate surface area is 135 Å². The third-order valence-corrected chi connectivity index (χ3v) is 4.76. The van der Waals surface area contributed by atoms with Gasteiger partial charge >= 0.3 is 0 Å². The first-order chi connectivity index (χ1) is 9.90. The fourth-order valence-electron chi connectivity index (χ4n) is 1.90. The standard InChI is InChI=1S/C16H23BrN2O2/c1-5-19(6-2)16(21)12-7-9-13(10-8-12)18-15(20)14(17)11(3)4/h7-11,14H,5-6H2,1-4H3,(H,18,20). The molecule has 0 heterocycles. The van der Waals surface area contributed by atoms with E-state index >= 15 is 0 Å². The number of hydrogen-bond acceptors (Lipinski definition) is 2. The number of hydrogen-bond donors (Lipinski definition) is 1. The number of anilines is 1. The maximum atomic E-state index is 12.2. The highest BCUT2D eigenvalue weighted by Crippen LogP contribution is 2.16. The molecule has 0 spiro atoms. The summed E-state index contributed by atoms with van der Waals surface area (Å²) in [6.45, 7) is 9.24. The molecule has 2 amide bonds. The molecule has 1 aromatic rings. The zero-order valence-corrected chi connectivity index (χ0v) is 14.6. The molecule has 1 N–H and O–H groups in total. The molecule has 0 fully saturated rings. The van der Waals surface area contributed by atoms with Crippen LogP contribution < -0.4 is 5.32 Å². The molecule has 1 unspecified atom stereocenters. The predicted octanol–water partition coefficient (Wildman–Crippen LogP) is 3.53. The summed E-state index contributed by atoms with van der Waals surface area (Å²) in [5.41, 5.74) is 1.33. The lowest BCUT2D eigenvalue weighted by molar-refractivity contribution is -0.116. The monoisotopic (exact) mass is 354 g/mol. The number of nitrogens with one attached hydrogen (secondary N) is 1. The summed E-state index contributed by atoms with van der Waals surface area (Å²) < 4.78 is 0. The van der Waals surface area contributed by atoms with Gasteiger partial charge in [-0.2, -0.15) is 0 Å². The van der Waals surface area contributed by atoms with E-state index in [1.807, 2.05) is 27.7 Å². The van der Waals surface area contributed by atoms with Crippen molar-refractivity contribution in [3.05, 3.63) is 29.8 Å². The Morgan fingerprint density at radius 2 is 1.67 bits per heavy atom. The van der Waals surface area contributed by atoms with Crippen molar-refractivity contribution in [2.45, 2.75) is 32.5 Å². The molecular formula is C16H23BrN2O2. The molecule has 1 rings (SSSR count). The molecule has 0 saturated heterocycles. The molecule has 0 aromatic heterocycles. The van der Waals surface area contributed by atoms with Crippen molar-refractivity contribution in [1.82, 2.24) is 4.90 Å². The summed E-state index contributed by atoms with van der Waals surface area (Å²) in [6.07, 6.45) is 0. The second-order valence-corrected chi connectivity index (χ2v) is 6.18. The molecule has 0 aliphatic heterocycles. The quantitative estimate of drug-likeness (QED) is 0.794.